The van der Waals surface area contributed by atoms with E-state index in [1.165, 1.54) is 0 Å². The van der Waals surface area contributed by atoms with Crippen LogP contribution in [-0.4, -0.2) is 89.3 Å². The van der Waals surface area contributed by atoms with E-state index in [9.17, 15) is 33.9 Å². The van der Waals surface area contributed by atoms with Crippen LogP contribution in [-0.2, 0) is 35.1 Å². The minimum atomic E-state index is -1.44. The molecule has 0 bridgehead atoms. The molecular formula is C33H43N5O9. The smallest absolute Gasteiger partial charge is 0.326 e. The van der Waals surface area contributed by atoms with Gasteiger partial charge in [-0.2, -0.15) is 0 Å². The average molecular weight is 654 g/mol. The fourth-order valence-corrected chi connectivity index (χ4v) is 6.60. The molecule has 1 aliphatic heterocycles. The SMILES string of the molecule is NCC1CC2CN([C@@H](Cc3ccc4ccccc4c3)C(=O)NCCCC[C@H](NC(=O)N[C@@H](CCC(=O)O)C(=O)O)OC=O)C(=O)C2C1. The van der Waals surface area contributed by atoms with Gasteiger partial charge in [0.25, 0.3) is 6.47 Å². The number of unbranched alkanes of at least 4 members (excludes halogenated alkanes) is 1. The summed E-state index contributed by atoms with van der Waals surface area (Å²) in [5, 5.41) is 27.7. The van der Waals surface area contributed by atoms with E-state index in [0.717, 1.165) is 29.2 Å². The molecule has 1 saturated heterocycles. The number of likely N-dealkylation sites (tertiary alicyclic amines) is 1. The molecule has 6 atom stereocenters. The van der Waals surface area contributed by atoms with E-state index in [0.29, 0.717) is 38.3 Å². The number of carbonyl (C=O) groups excluding carboxylic acids is 4. The van der Waals surface area contributed by atoms with Crippen LogP contribution >= 0.6 is 0 Å². The Kier molecular flexibility index (Phi) is 12.5. The number of hydrogen-bond acceptors (Lipinski definition) is 8. The van der Waals surface area contributed by atoms with Gasteiger partial charge in [0, 0.05) is 38.3 Å². The predicted molar refractivity (Wildman–Crippen MR) is 170 cm³/mol. The molecule has 254 valence electrons. The lowest BCUT2D eigenvalue weighted by atomic mass is 9.99. The highest BCUT2D eigenvalue weighted by atomic mass is 16.5. The molecule has 2 aromatic rings. The van der Waals surface area contributed by atoms with E-state index >= 15 is 0 Å². The fraction of sp³-hybridized carbons (Fsp3) is 0.515. The first-order valence-electron chi connectivity index (χ1n) is 16.0. The van der Waals surface area contributed by atoms with Gasteiger partial charge in [-0.1, -0.05) is 42.5 Å². The van der Waals surface area contributed by atoms with Crippen molar-refractivity contribution < 1.29 is 43.7 Å². The molecule has 47 heavy (non-hydrogen) atoms. The van der Waals surface area contributed by atoms with Crippen LogP contribution in [0.2, 0.25) is 0 Å². The van der Waals surface area contributed by atoms with Crippen LogP contribution in [0.1, 0.15) is 50.5 Å². The Bertz CT molecular complexity index is 1450. The molecule has 0 radical (unpaired) electrons. The fourth-order valence-electron chi connectivity index (χ4n) is 6.60. The number of nitrogens with zero attached hydrogens (tertiary/aromatic N) is 1. The second-order valence-electron chi connectivity index (χ2n) is 12.3. The van der Waals surface area contributed by atoms with Crippen molar-refractivity contribution in [3.63, 3.8) is 0 Å². The normalized spacial score (nSPS) is 20.6. The standard InChI is InChI=1S/C33H43N5O9/c34-17-21-14-24-18-38(31(43)25(24)15-21)27(16-20-8-9-22-5-1-2-6-23(22)13-20)30(42)35-12-4-3-7-28(47-19-39)37-33(46)36-26(32(44)45)10-11-29(40)41/h1-2,5-6,8-9,13,19,21,24-28H,3-4,7,10-12,14-18,34H2,(H,35,42)(H,40,41)(H,44,45)(H2,36,37,46)/t21?,24?,25?,26-,27-,28+/m0/s1. The third-order valence-corrected chi connectivity index (χ3v) is 9.03. The van der Waals surface area contributed by atoms with Gasteiger partial charge in [0.05, 0.1) is 0 Å². The number of ether oxygens (including phenoxy) is 1. The maximum Gasteiger partial charge on any atom is 0.326 e. The minimum absolute atomic E-state index is 0.00168. The second-order valence-corrected chi connectivity index (χ2v) is 12.3. The molecule has 1 heterocycles. The van der Waals surface area contributed by atoms with Crippen LogP contribution in [0.15, 0.2) is 42.5 Å². The molecule has 2 fully saturated rings. The van der Waals surface area contributed by atoms with E-state index in [1.54, 1.807) is 4.90 Å². The lowest BCUT2D eigenvalue weighted by Crippen LogP contribution is -2.50. The molecule has 7 N–H and O–H groups in total. The van der Waals surface area contributed by atoms with Gasteiger partial charge in [0.1, 0.15) is 12.1 Å². The average Bonchev–Trinajstić information content (AvgIpc) is 3.59. The number of nitrogens with two attached hydrogens (primary N) is 1. The number of urea groups is 1. The highest BCUT2D eigenvalue weighted by Crippen LogP contribution is 2.42. The molecule has 4 rings (SSSR count). The summed E-state index contributed by atoms with van der Waals surface area (Å²) in [7, 11) is 0. The van der Waals surface area contributed by atoms with Gasteiger partial charge in [-0.3, -0.25) is 19.2 Å². The zero-order valence-electron chi connectivity index (χ0n) is 26.1. The van der Waals surface area contributed by atoms with Crippen molar-refractivity contribution in [2.75, 3.05) is 19.6 Å². The van der Waals surface area contributed by atoms with Crippen LogP contribution in [0.5, 0.6) is 0 Å². The van der Waals surface area contributed by atoms with Gasteiger partial charge in [-0.05, 0) is 66.8 Å². The Morgan fingerprint density at radius 3 is 2.47 bits per heavy atom. The van der Waals surface area contributed by atoms with Gasteiger partial charge in [-0.15, -0.1) is 0 Å². The molecule has 0 spiro atoms. The van der Waals surface area contributed by atoms with E-state index in [1.807, 2.05) is 42.5 Å². The molecular weight excluding hydrogens is 610 g/mol. The van der Waals surface area contributed by atoms with Crippen LogP contribution in [0.4, 0.5) is 4.79 Å². The van der Waals surface area contributed by atoms with E-state index in [2.05, 4.69) is 16.0 Å². The first-order valence-corrected chi connectivity index (χ1v) is 16.0. The summed E-state index contributed by atoms with van der Waals surface area (Å²) >= 11 is 0. The van der Waals surface area contributed by atoms with Crippen LogP contribution in [0.3, 0.4) is 0 Å². The highest BCUT2D eigenvalue weighted by molar-refractivity contribution is 5.91. The van der Waals surface area contributed by atoms with Crippen LogP contribution in [0, 0.1) is 17.8 Å². The Hall–Kier alpha value is -4.72. The number of carboxylic acids is 2. The maximum absolute atomic E-state index is 13.6. The second kappa shape index (κ2) is 16.7. The zero-order valence-corrected chi connectivity index (χ0v) is 26.1. The summed E-state index contributed by atoms with van der Waals surface area (Å²) in [5.74, 6) is -2.47. The van der Waals surface area contributed by atoms with Gasteiger partial charge in [-0.25, -0.2) is 9.59 Å². The molecule has 14 nitrogen and oxygen atoms in total. The summed E-state index contributed by atoms with van der Waals surface area (Å²) in [6.45, 7) is 1.49. The summed E-state index contributed by atoms with van der Waals surface area (Å²) in [4.78, 5) is 74.3. The van der Waals surface area contributed by atoms with Crippen molar-refractivity contribution in [1.29, 1.82) is 0 Å². The lowest BCUT2D eigenvalue weighted by Gasteiger charge is -2.29. The Labute approximate surface area is 272 Å². The van der Waals surface area contributed by atoms with Crippen molar-refractivity contribution in [2.24, 2.45) is 23.5 Å². The number of carbonyl (C=O) groups is 6. The van der Waals surface area contributed by atoms with Crippen molar-refractivity contribution in [2.45, 2.75) is 69.7 Å². The number of amides is 4. The van der Waals surface area contributed by atoms with Gasteiger partial charge in [0.15, 0.2) is 6.23 Å². The Balaban J connectivity index is 1.32. The number of benzene rings is 2. The molecule has 4 amide bonds. The lowest BCUT2D eigenvalue weighted by molar-refractivity contribution is -0.141. The van der Waals surface area contributed by atoms with Crippen molar-refractivity contribution >= 4 is 47.0 Å². The minimum Gasteiger partial charge on any atom is -0.481 e. The number of carboxylic acid groups (broad SMARTS) is 2. The molecule has 1 saturated carbocycles. The van der Waals surface area contributed by atoms with E-state index in [4.69, 9.17) is 15.6 Å². The number of hydrogen-bond donors (Lipinski definition) is 6. The van der Waals surface area contributed by atoms with Gasteiger partial charge in [0.2, 0.25) is 11.8 Å². The Morgan fingerprint density at radius 1 is 1.02 bits per heavy atom. The topological polar surface area (TPSA) is 217 Å². The van der Waals surface area contributed by atoms with E-state index in [-0.39, 0.29) is 49.5 Å². The van der Waals surface area contributed by atoms with E-state index < -0.39 is 42.7 Å². The molecule has 3 unspecified atom stereocenters. The maximum atomic E-state index is 13.6. The Morgan fingerprint density at radius 2 is 1.79 bits per heavy atom. The highest BCUT2D eigenvalue weighted by Gasteiger charge is 2.49. The predicted octanol–water partition coefficient (Wildman–Crippen LogP) is 1.60. The van der Waals surface area contributed by atoms with Crippen molar-refractivity contribution in [3.8, 4) is 0 Å². The summed E-state index contributed by atoms with van der Waals surface area (Å²) < 4.78 is 4.91. The first-order chi connectivity index (χ1) is 22.6. The number of nitrogens with one attached hydrogen (secondary N) is 3. The zero-order chi connectivity index (χ0) is 33.9. The number of fused-ring (bicyclic) bond motifs is 2. The molecule has 1 aliphatic carbocycles. The van der Waals surface area contributed by atoms with Crippen molar-refractivity contribution in [3.05, 3.63) is 48.0 Å². The van der Waals surface area contributed by atoms with Gasteiger partial charge < -0.3 is 41.5 Å². The molecule has 14 heteroatoms. The van der Waals surface area contributed by atoms with Crippen molar-refractivity contribution in [1.82, 2.24) is 20.9 Å². The monoisotopic (exact) mass is 653 g/mol. The number of rotatable bonds is 18. The number of aliphatic carboxylic acids is 2. The summed E-state index contributed by atoms with van der Waals surface area (Å²) in [6, 6.07) is 10.9. The summed E-state index contributed by atoms with van der Waals surface area (Å²) in [6.07, 6.45) is 1.19. The first kappa shape index (κ1) is 35.1. The van der Waals surface area contributed by atoms with Gasteiger partial charge >= 0.3 is 18.0 Å². The van der Waals surface area contributed by atoms with Crippen LogP contribution < -0.4 is 21.7 Å². The van der Waals surface area contributed by atoms with Crippen LogP contribution in [0.25, 0.3) is 10.8 Å². The molecule has 2 aliphatic rings. The third kappa shape index (κ3) is 9.64. The quantitative estimate of drug-likeness (QED) is 0.0776. The summed E-state index contributed by atoms with van der Waals surface area (Å²) in [5.41, 5.74) is 6.83. The largest absolute Gasteiger partial charge is 0.481 e. The third-order valence-electron chi connectivity index (χ3n) is 9.03. The molecule has 2 aromatic carbocycles. The molecule has 0 aromatic heterocycles.